The van der Waals surface area contributed by atoms with Gasteiger partial charge in [-0.05, 0) is 23.5 Å². The summed E-state index contributed by atoms with van der Waals surface area (Å²) in [7, 11) is 0. The SMILES string of the molecule is FC1(F)C[C@H](CCOCc2ccccc2)CO[C@@H]1c1ccccc1. The van der Waals surface area contributed by atoms with Crippen molar-refractivity contribution >= 4 is 0 Å². The molecule has 0 aromatic heterocycles. The number of benzene rings is 2. The quantitative estimate of drug-likeness (QED) is 0.693. The summed E-state index contributed by atoms with van der Waals surface area (Å²) >= 11 is 0. The van der Waals surface area contributed by atoms with Gasteiger partial charge in [0.2, 0.25) is 0 Å². The van der Waals surface area contributed by atoms with Crippen molar-refractivity contribution in [1.82, 2.24) is 0 Å². The summed E-state index contributed by atoms with van der Waals surface area (Å²) in [5.41, 5.74) is 1.63. The molecule has 2 aromatic carbocycles. The van der Waals surface area contributed by atoms with E-state index < -0.39 is 12.0 Å². The minimum absolute atomic E-state index is 0.152. The standard InChI is InChI=1S/C20H22F2O2/c21-20(22)13-17(11-12-23-14-16-7-3-1-4-8-16)15-24-19(20)18-9-5-2-6-10-18/h1-10,17,19H,11-15H2/t17-,19+/m0/s1. The molecule has 0 saturated carbocycles. The summed E-state index contributed by atoms with van der Waals surface area (Å²) in [6.07, 6.45) is -0.703. The highest BCUT2D eigenvalue weighted by Crippen LogP contribution is 2.43. The maximum absolute atomic E-state index is 14.4. The van der Waals surface area contributed by atoms with Crippen LogP contribution in [0.3, 0.4) is 0 Å². The second-order valence-electron chi connectivity index (χ2n) is 6.28. The zero-order valence-electron chi connectivity index (χ0n) is 13.5. The summed E-state index contributed by atoms with van der Waals surface area (Å²) in [5, 5.41) is 0. The normalized spacial score (nSPS) is 23.1. The van der Waals surface area contributed by atoms with Gasteiger partial charge in [-0.3, -0.25) is 0 Å². The molecule has 24 heavy (non-hydrogen) atoms. The molecule has 3 rings (SSSR count). The zero-order valence-corrected chi connectivity index (χ0v) is 13.5. The van der Waals surface area contributed by atoms with Crippen LogP contribution in [0.25, 0.3) is 0 Å². The van der Waals surface area contributed by atoms with Crippen molar-refractivity contribution in [1.29, 1.82) is 0 Å². The summed E-state index contributed by atoms with van der Waals surface area (Å²) in [6, 6.07) is 18.6. The minimum atomic E-state index is -2.84. The maximum Gasteiger partial charge on any atom is 0.278 e. The van der Waals surface area contributed by atoms with Crippen LogP contribution >= 0.6 is 0 Å². The third-order valence-corrected chi connectivity index (χ3v) is 4.33. The van der Waals surface area contributed by atoms with Gasteiger partial charge in [0.25, 0.3) is 5.92 Å². The van der Waals surface area contributed by atoms with Crippen LogP contribution in [0.2, 0.25) is 0 Å². The lowest BCUT2D eigenvalue weighted by atomic mass is 9.89. The molecule has 1 heterocycles. The Labute approximate surface area is 141 Å². The first-order chi connectivity index (χ1) is 11.6. The molecular weight excluding hydrogens is 310 g/mol. The fraction of sp³-hybridized carbons (Fsp3) is 0.400. The van der Waals surface area contributed by atoms with Crippen molar-refractivity contribution in [2.24, 2.45) is 5.92 Å². The van der Waals surface area contributed by atoms with Gasteiger partial charge in [0.05, 0.1) is 13.2 Å². The molecular formula is C20H22F2O2. The molecule has 0 spiro atoms. The van der Waals surface area contributed by atoms with E-state index in [1.165, 1.54) is 0 Å². The van der Waals surface area contributed by atoms with E-state index in [9.17, 15) is 8.78 Å². The number of halogens is 2. The van der Waals surface area contributed by atoms with Crippen molar-refractivity contribution in [3.63, 3.8) is 0 Å². The Kier molecular flexibility index (Phi) is 5.59. The summed E-state index contributed by atoms with van der Waals surface area (Å²) in [4.78, 5) is 0. The average Bonchev–Trinajstić information content (AvgIpc) is 2.60. The molecule has 0 bridgehead atoms. The molecule has 1 aliphatic rings. The van der Waals surface area contributed by atoms with Crippen LogP contribution in [0, 0.1) is 5.92 Å². The first kappa shape index (κ1) is 17.1. The van der Waals surface area contributed by atoms with E-state index in [1.54, 1.807) is 24.3 Å². The Bertz CT molecular complexity index is 616. The molecule has 1 fully saturated rings. The first-order valence-corrected chi connectivity index (χ1v) is 8.31. The van der Waals surface area contributed by atoms with Crippen molar-refractivity contribution in [2.75, 3.05) is 13.2 Å². The number of ether oxygens (including phenoxy) is 2. The largest absolute Gasteiger partial charge is 0.377 e. The average molecular weight is 332 g/mol. The second kappa shape index (κ2) is 7.86. The third kappa shape index (κ3) is 4.40. The second-order valence-corrected chi connectivity index (χ2v) is 6.28. The Balaban J connectivity index is 1.46. The Morgan fingerprint density at radius 1 is 1.00 bits per heavy atom. The van der Waals surface area contributed by atoms with E-state index in [1.807, 2.05) is 36.4 Å². The van der Waals surface area contributed by atoms with E-state index in [0.717, 1.165) is 5.56 Å². The number of hydrogen-bond donors (Lipinski definition) is 0. The van der Waals surface area contributed by atoms with Crippen molar-refractivity contribution in [3.05, 3.63) is 71.8 Å². The highest BCUT2D eigenvalue weighted by molar-refractivity contribution is 5.20. The maximum atomic E-state index is 14.4. The van der Waals surface area contributed by atoms with Gasteiger partial charge in [-0.25, -0.2) is 8.78 Å². The molecule has 0 aliphatic carbocycles. The van der Waals surface area contributed by atoms with Gasteiger partial charge >= 0.3 is 0 Å². The molecule has 2 nitrogen and oxygen atoms in total. The minimum Gasteiger partial charge on any atom is -0.377 e. The summed E-state index contributed by atoms with van der Waals surface area (Å²) in [6.45, 7) is 1.33. The highest BCUT2D eigenvalue weighted by atomic mass is 19.3. The van der Waals surface area contributed by atoms with Gasteiger partial charge in [-0.1, -0.05) is 60.7 Å². The van der Waals surface area contributed by atoms with Gasteiger partial charge in [0, 0.05) is 13.0 Å². The van der Waals surface area contributed by atoms with Crippen LogP contribution in [0.1, 0.15) is 30.1 Å². The molecule has 4 heteroatoms. The first-order valence-electron chi connectivity index (χ1n) is 8.31. The van der Waals surface area contributed by atoms with Crippen LogP contribution in [-0.2, 0) is 16.1 Å². The molecule has 0 radical (unpaired) electrons. The highest BCUT2D eigenvalue weighted by Gasteiger charge is 2.46. The molecule has 0 N–H and O–H groups in total. The van der Waals surface area contributed by atoms with E-state index in [4.69, 9.17) is 9.47 Å². The summed E-state index contributed by atoms with van der Waals surface area (Å²) in [5.74, 6) is -3.01. The lowest BCUT2D eigenvalue weighted by Crippen LogP contribution is -2.38. The fourth-order valence-electron chi connectivity index (χ4n) is 3.07. The molecule has 0 unspecified atom stereocenters. The van der Waals surface area contributed by atoms with Gasteiger partial charge in [0.15, 0.2) is 0 Å². The Morgan fingerprint density at radius 2 is 1.67 bits per heavy atom. The molecule has 2 atom stereocenters. The van der Waals surface area contributed by atoms with Crippen LogP contribution < -0.4 is 0 Å². The van der Waals surface area contributed by atoms with E-state index in [2.05, 4.69) is 0 Å². The van der Waals surface area contributed by atoms with Crippen LogP contribution in [-0.4, -0.2) is 19.1 Å². The number of alkyl halides is 2. The summed E-state index contributed by atoms with van der Waals surface area (Å²) < 4.78 is 39.9. The Hall–Kier alpha value is -1.78. The van der Waals surface area contributed by atoms with E-state index >= 15 is 0 Å². The predicted octanol–water partition coefficient (Wildman–Crippen LogP) is 5.01. The smallest absolute Gasteiger partial charge is 0.278 e. The molecule has 128 valence electrons. The lowest BCUT2D eigenvalue weighted by molar-refractivity contribution is -0.195. The van der Waals surface area contributed by atoms with Crippen molar-refractivity contribution in [3.8, 4) is 0 Å². The molecule has 2 aromatic rings. The monoisotopic (exact) mass is 332 g/mol. The topological polar surface area (TPSA) is 18.5 Å². The van der Waals surface area contributed by atoms with Crippen molar-refractivity contribution < 1.29 is 18.3 Å². The van der Waals surface area contributed by atoms with Crippen LogP contribution in [0.4, 0.5) is 8.78 Å². The van der Waals surface area contributed by atoms with Crippen LogP contribution in [0.15, 0.2) is 60.7 Å². The lowest BCUT2D eigenvalue weighted by Gasteiger charge is -2.36. The van der Waals surface area contributed by atoms with Crippen LogP contribution in [0.5, 0.6) is 0 Å². The predicted molar refractivity (Wildman–Crippen MR) is 88.9 cm³/mol. The van der Waals surface area contributed by atoms with Crippen molar-refractivity contribution in [2.45, 2.75) is 31.5 Å². The van der Waals surface area contributed by atoms with E-state index in [0.29, 0.717) is 31.8 Å². The van der Waals surface area contributed by atoms with Gasteiger partial charge in [-0.15, -0.1) is 0 Å². The van der Waals surface area contributed by atoms with Gasteiger partial charge < -0.3 is 9.47 Å². The zero-order chi connectivity index (χ0) is 16.8. The molecule has 1 aliphatic heterocycles. The van der Waals surface area contributed by atoms with Gasteiger partial charge in [-0.2, -0.15) is 0 Å². The third-order valence-electron chi connectivity index (χ3n) is 4.33. The molecule has 0 amide bonds. The number of rotatable bonds is 6. The van der Waals surface area contributed by atoms with Gasteiger partial charge in [0.1, 0.15) is 6.10 Å². The van der Waals surface area contributed by atoms with E-state index in [-0.39, 0.29) is 12.3 Å². The number of hydrogen-bond acceptors (Lipinski definition) is 2. The fourth-order valence-corrected chi connectivity index (χ4v) is 3.07. The Morgan fingerprint density at radius 3 is 2.33 bits per heavy atom. The molecule has 1 saturated heterocycles.